The largest absolute Gasteiger partial charge is 0.362 e. The maximum absolute atomic E-state index is 11.0. The van der Waals surface area contributed by atoms with Gasteiger partial charge >= 0.3 is 10.3 Å². The molecule has 0 bridgehead atoms. The summed E-state index contributed by atoms with van der Waals surface area (Å²) in [5, 5.41) is 0. The van der Waals surface area contributed by atoms with Gasteiger partial charge in [0.1, 0.15) is 0 Å². The average Bonchev–Trinajstić information content (AvgIpc) is 2.09. The number of hydrogen-bond acceptors (Lipinski definition) is 3. The van der Waals surface area contributed by atoms with Crippen LogP contribution in [0.15, 0.2) is 12.7 Å². The molecule has 14 heavy (non-hydrogen) atoms. The van der Waals surface area contributed by atoms with Crippen LogP contribution in [0.2, 0.25) is 0 Å². The van der Waals surface area contributed by atoms with E-state index in [4.69, 9.17) is 4.55 Å². The van der Waals surface area contributed by atoms with Gasteiger partial charge in [0.2, 0.25) is 0 Å². The number of nitrogens with zero attached hydrogens (tertiary/aromatic N) is 1. The monoisotopic (exact) mass is 221 g/mol. The first-order valence-corrected chi connectivity index (χ1v) is 5.74. The first-order chi connectivity index (χ1) is 6.43. The van der Waals surface area contributed by atoms with Gasteiger partial charge in [-0.25, -0.2) is 4.31 Å². The van der Waals surface area contributed by atoms with Gasteiger partial charge in [0.15, 0.2) is 0 Å². The van der Waals surface area contributed by atoms with E-state index in [1.807, 2.05) is 6.92 Å². The van der Waals surface area contributed by atoms with E-state index in [0.29, 0.717) is 10.7 Å². The van der Waals surface area contributed by atoms with Crippen LogP contribution in [0.3, 0.4) is 0 Å². The van der Waals surface area contributed by atoms with Gasteiger partial charge in [-0.05, 0) is 12.5 Å². The van der Waals surface area contributed by atoms with E-state index in [9.17, 15) is 13.2 Å². The summed E-state index contributed by atoms with van der Waals surface area (Å²) >= 11 is 0. The van der Waals surface area contributed by atoms with Crippen molar-refractivity contribution in [2.24, 2.45) is 0 Å². The molecule has 0 unspecified atom stereocenters. The minimum Gasteiger partial charge on any atom is -0.269 e. The van der Waals surface area contributed by atoms with E-state index in [1.165, 1.54) is 0 Å². The third-order valence-electron chi connectivity index (χ3n) is 1.66. The van der Waals surface area contributed by atoms with Crippen molar-refractivity contribution in [1.29, 1.82) is 0 Å². The van der Waals surface area contributed by atoms with Crippen LogP contribution in [0, 0.1) is 0 Å². The Kier molecular flexibility index (Phi) is 5.40. The molecular formula is C8H15NO4S. The highest BCUT2D eigenvalue weighted by atomic mass is 32.2. The lowest BCUT2D eigenvalue weighted by atomic mass is 10.2. The molecule has 0 saturated carbocycles. The van der Waals surface area contributed by atoms with E-state index in [0.717, 1.165) is 18.9 Å². The summed E-state index contributed by atoms with van der Waals surface area (Å²) in [7, 11) is -4.44. The lowest BCUT2D eigenvalue weighted by Gasteiger charge is -2.16. The fourth-order valence-electron chi connectivity index (χ4n) is 0.946. The van der Waals surface area contributed by atoms with Crippen molar-refractivity contribution >= 4 is 16.2 Å². The van der Waals surface area contributed by atoms with Crippen LogP contribution in [0.1, 0.15) is 26.2 Å². The first kappa shape index (κ1) is 13.1. The summed E-state index contributed by atoms with van der Waals surface area (Å²) < 4.78 is 30.6. The van der Waals surface area contributed by atoms with Crippen molar-refractivity contribution in [1.82, 2.24) is 4.31 Å². The van der Waals surface area contributed by atoms with Crippen LogP contribution < -0.4 is 0 Å². The van der Waals surface area contributed by atoms with E-state index in [2.05, 4.69) is 6.58 Å². The Labute approximate surface area is 84.3 Å². The molecule has 82 valence electrons. The van der Waals surface area contributed by atoms with Crippen molar-refractivity contribution in [3.8, 4) is 0 Å². The zero-order chi connectivity index (χ0) is 11.2. The standard InChI is InChI=1S/C8H15NO4S/c1-3-5-6-7-9(8(10)4-2)14(11,12)13/h4H,2-3,5-7H2,1H3,(H,11,12,13). The first-order valence-electron chi connectivity index (χ1n) is 4.35. The molecule has 0 saturated heterocycles. The molecule has 0 fully saturated rings. The molecule has 0 atom stereocenters. The molecule has 0 aromatic carbocycles. The van der Waals surface area contributed by atoms with E-state index in [-0.39, 0.29) is 6.54 Å². The van der Waals surface area contributed by atoms with Crippen molar-refractivity contribution in [3.05, 3.63) is 12.7 Å². The molecule has 1 amide bonds. The van der Waals surface area contributed by atoms with Crippen molar-refractivity contribution in [2.45, 2.75) is 26.2 Å². The summed E-state index contributed by atoms with van der Waals surface area (Å²) in [4.78, 5) is 11.0. The number of unbranched alkanes of at least 4 members (excludes halogenated alkanes) is 2. The molecule has 0 aromatic heterocycles. The van der Waals surface area contributed by atoms with Gasteiger partial charge in [-0.3, -0.25) is 9.35 Å². The summed E-state index contributed by atoms with van der Waals surface area (Å²) in [6.45, 7) is 5.11. The second-order valence-electron chi connectivity index (χ2n) is 2.80. The smallest absolute Gasteiger partial charge is 0.269 e. The quantitative estimate of drug-likeness (QED) is 0.412. The molecule has 0 radical (unpaired) electrons. The third kappa shape index (κ3) is 4.38. The van der Waals surface area contributed by atoms with Crippen molar-refractivity contribution < 1.29 is 17.8 Å². The topological polar surface area (TPSA) is 74.7 Å². The number of carbonyl (C=O) groups excluding carboxylic acids is 1. The van der Waals surface area contributed by atoms with Crippen LogP contribution in [0.25, 0.3) is 0 Å². The molecule has 0 heterocycles. The fourth-order valence-corrected chi connectivity index (χ4v) is 1.61. The van der Waals surface area contributed by atoms with Crippen LogP contribution in [0.4, 0.5) is 0 Å². The Bertz CT molecular complexity index is 296. The highest BCUT2D eigenvalue weighted by Crippen LogP contribution is 2.04. The Morgan fingerprint density at radius 2 is 2.07 bits per heavy atom. The second kappa shape index (κ2) is 5.77. The summed E-state index contributed by atoms with van der Waals surface area (Å²) in [5.74, 6) is -0.802. The molecule has 5 nitrogen and oxygen atoms in total. The second-order valence-corrected chi connectivity index (χ2v) is 4.14. The van der Waals surface area contributed by atoms with Gasteiger partial charge in [0, 0.05) is 6.54 Å². The minimum atomic E-state index is -4.44. The highest BCUT2D eigenvalue weighted by Gasteiger charge is 2.21. The van der Waals surface area contributed by atoms with Gasteiger partial charge in [0.25, 0.3) is 5.91 Å². The van der Waals surface area contributed by atoms with Crippen LogP contribution in [-0.2, 0) is 15.1 Å². The number of carbonyl (C=O) groups is 1. The maximum atomic E-state index is 11.0. The minimum absolute atomic E-state index is 0.00245. The van der Waals surface area contributed by atoms with E-state index < -0.39 is 16.2 Å². The molecule has 6 heteroatoms. The zero-order valence-electron chi connectivity index (χ0n) is 8.14. The number of amides is 1. The number of rotatable bonds is 6. The molecule has 0 spiro atoms. The van der Waals surface area contributed by atoms with E-state index >= 15 is 0 Å². The van der Waals surface area contributed by atoms with Gasteiger partial charge in [0.05, 0.1) is 0 Å². The number of hydrogen-bond donors (Lipinski definition) is 1. The van der Waals surface area contributed by atoms with Crippen LogP contribution >= 0.6 is 0 Å². The zero-order valence-corrected chi connectivity index (χ0v) is 8.96. The molecule has 1 N–H and O–H groups in total. The Balaban J connectivity index is 4.43. The normalized spacial score (nSPS) is 11.0. The lowest BCUT2D eigenvalue weighted by molar-refractivity contribution is -0.121. The Hall–Kier alpha value is -0.880. The highest BCUT2D eigenvalue weighted by molar-refractivity contribution is 7.84. The van der Waals surface area contributed by atoms with Crippen molar-refractivity contribution in [3.63, 3.8) is 0 Å². The Morgan fingerprint density at radius 1 is 1.50 bits per heavy atom. The molecule has 0 rings (SSSR count). The third-order valence-corrected chi connectivity index (χ3v) is 2.58. The van der Waals surface area contributed by atoms with Gasteiger partial charge in [-0.1, -0.05) is 26.3 Å². The molecule has 0 aliphatic rings. The van der Waals surface area contributed by atoms with Crippen LogP contribution in [0.5, 0.6) is 0 Å². The van der Waals surface area contributed by atoms with E-state index in [1.54, 1.807) is 0 Å². The predicted molar refractivity (Wildman–Crippen MR) is 53.0 cm³/mol. The predicted octanol–water partition coefficient (Wildman–Crippen LogP) is 0.994. The SMILES string of the molecule is C=CC(=O)N(CCCCC)S(=O)(=O)O. The lowest BCUT2D eigenvalue weighted by Crippen LogP contribution is -2.35. The molecule has 0 aliphatic carbocycles. The Morgan fingerprint density at radius 3 is 2.43 bits per heavy atom. The molecule has 0 aliphatic heterocycles. The van der Waals surface area contributed by atoms with Gasteiger partial charge < -0.3 is 0 Å². The summed E-state index contributed by atoms with van der Waals surface area (Å²) in [5.41, 5.74) is 0. The molecule has 0 aromatic rings. The maximum Gasteiger partial charge on any atom is 0.362 e. The van der Waals surface area contributed by atoms with Crippen molar-refractivity contribution in [2.75, 3.05) is 6.54 Å². The molecular weight excluding hydrogens is 206 g/mol. The summed E-state index contributed by atoms with van der Waals surface area (Å²) in [6.07, 6.45) is 3.10. The average molecular weight is 221 g/mol. The van der Waals surface area contributed by atoms with Crippen LogP contribution in [-0.4, -0.2) is 29.7 Å². The summed E-state index contributed by atoms with van der Waals surface area (Å²) in [6, 6.07) is 0. The van der Waals surface area contributed by atoms with Gasteiger partial charge in [-0.2, -0.15) is 8.42 Å². The fraction of sp³-hybridized carbons (Fsp3) is 0.625. The van der Waals surface area contributed by atoms with Gasteiger partial charge in [-0.15, -0.1) is 0 Å².